The number of amides is 1. The van der Waals surface area contributed by atoms with Gasteiger partial charge < -0.3 is 15.8 Å². The predicted octanol–water partition coefficient (Wildman–Crippen LogP) is 2.88. The molecular weight excluding hydrogens is 295 g/mol. The van der Waals surface area contributed by atoms with Crippen LogP contribution >= 0.6 is 11.3 Å². The second kappa shape index (κ2) is 5.37. The number of carbonyl (C=O) groups is 1. The molecule has 0 spiro atoms. The van der Waals surface area contributed by atoms with Gasteiger partial charge in [-0.25, -0.2) is 4.98 Å². The summed E-state index contributed by atoms with van der Waals surface area (Å²) in [5.74, 6) is -0.865. The molecule has 3 N–H and O–H groups in total. The number of anilines is 2. The number of alkyl halides is 3. The van der Waals surface area contributed by atoms with Gasteiger partial charge >= 0.3 is 6.36 Å². The van der Waals surface area contributed by atoms with Gasteiger partial charge in [0.1, 0.15) is 11.4 Å². The summed E-state index contributed by atoms with van der Waals surface area (Å²) in [6.45, 7) is 0. The van der Waals surface area contributed by atoms with Gasteiger partial charge in [-0.15, -0.1) is 24.5 Å². The first-order chi connectivity index (χ1) is 9.33. The van der Waals surface area contributed by atoms with E-state index in [0.717, 1.165) is 23.5 Å². The molecule has 20 heavy (non-hydrogen) atoms. The van der Waals surface area contributed by atoms with Gasteiger partial charge in [0.05, 0.1) is 0 Å². The van der Waals surface area contributed by atoms with Crippen LogP contribution in [0.15, 0.2) is 29.6 Å². The fourth-order valence-corrected chi connectivity index (χ4v) is 1.87. The first kappa shape index (κ1) is 14.1. The van der Waals surface area contributed by atoms with Crippen LogP contribution in [0.25, 0.3) is 0 Å². The van der Waals surface area contributed by atoms with Crippen LogP contribution in [0.3, 0.4) is 0 Å². The van der Waals surface area contributed by atoms with E-state index < -0.39 is 12.3 Å². The van der Waals surface area contributed by atoms with Gasteiger partial charge in [0.15, 0.2) is 5.13 Å². The molecule has 5 nitrogen and oxygen atoms in total. The number of rotatable bonds is 3. The van der Waals surface area contributed by atoms with Crippen LogP contribution in [0.5, 0.6) is 5.75 Å². The van der Waals surface area contributed by atoms with Crippen LogP contribution in [0.1, 0.15) is 10.5 Å². The second-order valence-corrected chi connectivity index (χ2v) is 4.49. The number of nitrogen functional groups attached to an aromatic ring is 1. The van der Waals surface area contributed by atoms with Gasteiger partial charge in [-0.1, -0.05) is 0 Å². The number of ether oxygens (including phenoxy) is 1. The van der Waals surface area contributed by atoms with Crippen molar-refractivity contribution in [1.29, 1.82) is 0 Å². The Morgan fingerprint density at radius 2 is 1.95 bits per heavy atom. The molecule has 0 fully saturated rings. The Morgan fingerprint density at radius 3 is 2.45 bits per heavy atom. The largest absolute Gasteiger partial charge is 0.573 e. The SMILES string of the molecule is Nc1nc(C(=O)Nc2ccc(OC(F)(F)F)cc2)cs1. The summed E-state index contributed by atoms with van der Waals surface area (Å²) in [5.41, 5.74) is 5.85. The molecule has 1 amide bonds. The van der Waals surface area contributed by atoms with E-state index >= 15 is 0 Å². The van der Waals surface area contributed by atoms with E-state index in [-0.39, 0.29) is 16.6 Å². The number of nitrogens with one attached hydrogen (secondary N) is 1. The van der Waals surface area contributed by atoms with Gasteiger partial charge in [0, 0.05) is 11.1 Å². The third kappa shape index (κ3) is 3.85. The standard InChI is InChI=1S/C11H8F3N3O2S/c12-11(13,14)19-7-3-1-6(2-4-7)16-9(18)8-5-20-10(15)17-8/h1-5H,(H2,15,17)(H,16,18). The first-order valence-electron chi connectivity index (χ1n) is 5.22. The molecule has 0 aliphatic heterocycles. The monoisotopic (exact) mass is 303 g/mol. The number of thiazole rings is 1. The Kier molecular flexibility index (Phi) is 3.79. The van der Waals surface area contributed by atoms with Gasteiger partial charge in [-0.2, -0.15) is 0 Å². The van der Waals surface area contributed by atoms with Crippen LogP contribution in [0.2, 0.25) is 0 Å². The van der Waals surface area contributed by atoms with Gasteiger partial charge in [-0.05, 0) is 24.3 Å². The minimum atomic E-state index is -4.75. The van der Waals surface area contributed by atoms with E-state index in [0.29, 0.717) is 5.69 Å². The van der Waals surface area contributed by atoms with Crippen LogP contribution in [0, 0.1) is 0 Å². The Hall–Kier alpha value is -2.29. The van der Waals surface area contributed by atoms with Crippen molar-refractivity contribution in [3.63, 3.8) is 0 Å². The van der Waals surface area contributed by atoms with Crippen LogP contribution in [-0.2, 0) is 0 Å². The van der Waals surface area contributed by atoms with E-state index in [4.69, 9.17) is 5.73 Å². The van der Waals surface area contributed by atoms with E-state index in [1.54, 1.807) is 0 Å². The summed E-state index contributed by atoms with van der Waals surface area (Å²) in [7, 11) is 0. The quantitative estimate of drug-likeness (QED) is 0.914. The Bertz CT molecular complexity index is 610. The number of benzene rings is 1. The van der Waals surface area contributed by atoms with Crippen molar-refractivity contribution in [2.75, 3.05) is 11.1 Å². The number of halogens is 3. The maximum Gasteiger partial charge on any atom is 0.573 e. The second-order valence-electron chi connectivity index (χ2n) is 3.60. The molecule has 9 heteroatoms. The number of aromatic nitrogens is 1. The summed E-state index contributed by atoms with van der Waals surface area (Å²) in [5, 5.41) is 4.21. The summed E-state index contributed by atoms with van der Waals surface area (Å²) >= 11 is 1.11. The number of hydrogen-bond acceptors (Lipinski definition) is 5. The van der Waals surface area contributed by atoms with Crippen molar-refractivity contribution in [2.24, 2.45) is 0 Å². The number of hydrogen-bond donors (Lipinski definition) is 2. The molecule has 0 saturated carbocycles. The summed E-state index contributed by atoms with van der Waals surface area (Å²) in [6, 6.07) is 4.76. The molecule has 0 atom stereocenters. The van der Waals surface area contributed by atoms with Gasteiger partial charge in [0.25, 0.3) is 5.91 Å². The molecule has 2 rings (SSSR count). The lowest BCUT2D eigenvalue weighted by Gasteiger charge is -2.09. The zero-order valence-electron chi connectivity index (χ0n) is 9.77. The highest BCUT2D eigenvalue weighted by Gasteiger charge is 2.30. The fourth-order valence-electron chi connectivity index (χ4n) is 1.33. The van der Waals surface area contributed by atoms with Crippen molar-refractivity contribution in [3.05, 3.63) is 35.3 Å². The summed E-state index contributed by atoms with van der Waals surface area (Å²) < 4.78 is 39.6. The normalized spacial score (nSPS) is 11.2. The molecule has 1 aromatic heterocycles. The van der Waals surface area contributed by atoms with Crippen molar-refractivity contribution >= 4 is 28.1 Å². The van der Waals surface area contributed by atoms with Crippen molar-refractivity contribution in [2.45, 2.75) is 6.36 Å². The Labute approximate surface area is 115 Å². The highest BCUT2D eigenvalue weighted by atomic mass is 32.1. The molecule has 1 aromatic carbocycles. The number of nitrogens with two attached hydrogens (primary N) is 1. The molecule has 2 aromatic rings. The molecule has 0 aliphatic carbocycles. The molecule has 0 unspecified atom stereocenters. The van der Waals surface area contributed by atoms with Crippen molar-refractivity contribution in [1.82, 2.24) is 4.98 Å². The number of carbonyl (C=O) groups excluding carboxylic acids is 1. The highest BCUT2D eigenvalue weighted by Crippen LogP contribution is 2.24. The molecule has 0 aliphatic rings. The predicted molar refractivity (Wildman–Crippen MR) is 67.6 cm³/mol. The van der Waals surface area contributed by atoms with Crippen LogP contribution in [0.4, 0.5) is 24.0 Å². The Balaban J connectivity index is 2.02. The summed E-state index contributed by atoms with van der Waals surface area (Å²) in [6.07, 6.45) is -4.75. The zero-order chi connectivity index (χ0) is 14.8. The molecule has 106 valence electrons. The Morgan fingerprint density at radius 1 is 1.30 bits per heavy atom. The smallest absolute Gasteiger partial charge is 0.406 e. The molecule has 0 radical (unpaired) electrons. The number of nitrogens with zero attached hydrogens (tertiary/aromatic N) is 1. The maximum atomic E-state index is 12.0. The van der Waals surface area contributed by atoms with Crippen LogP contribution in [-0.4, -0.2) is 17.3 Å². The van der Waals surface area contributed by atoms with Crippen molar-refractivity contribution < 1.29 is 22.7 Å². The van der Waals surface area contributed by atoms with Crippen molar-refractivity contribution in [3.8, 4) is 5.75 Å². The fraction of sp³-hybridized carbons (Fsp3) is 0.0909. The topological polar surface area (TPSA) is 77.2 Å². The zero-order valence-corrected chi connectivity index (χ0v) is 10.6. The molecular formula is C11H8F3N3O2S. The molecule has 0 saturated heterocycles. The maximum absolute atomic E-state index is 12.0. The average Bonchev–Trinajstić information content (AvgIpc) is 2.77. The minimum Gasteiger partial charge on any atom is -0.406 e. The van der Waals surface area contributed by atoms with E-state index in [1.165, 1.54) is 17.5 Å². The molecule has 1 heterocycles. The summed E-state index contributed by atoms with van der Waals surface area (Å²) in [4.78, 5) is 15.5. The van der Waals surface area contributed by atoms with E-state index in [1.807, 2.05) is 0 Å². The third-order valence-corrected chi connectivity index (χ3v) is 2.77. The lowest BCUT2D eigenvalue weighted by Crippen LogP contribution is -2.17. The van der Waals surface area contributed by atoms with Gasteiger partial charge in [0.2, 0.25) is 0 Å². The van der Waals surface area contributed by atoms with E-state index in [9.17, 15) is 18.0 Å². The first-order valence-corrected chi connectivity index (χ1v) is 6.09. The van der Waals surface area contributed by atoms with Crippen LogP contribution < -0.4 is 15.8 Å². The minimum absolute atomic E-state index is 0.142. The lowest BCUT2D eigenvalue weighted by molar-refractivity contribution is -0.274. The van der Waals surface area contributed by atoms with Gasteiger partial charge in [-0.3, -0.25) is 4.79 Å². The molecule has 0 bridgehead atoms. The average molecular weight is 303 g/mol. The highest BCUT2D eigenvalue weighted by molar-refractivity contribution is 7.13. The van der Waals surface area contributed by atoms with E-state index in [2.05, 4.69) is 15.0 Å². The lowest BCUT2D eigenvalue weighted by atomic mass is 10.3. The third-order valence-electron chi connectivity index (χ3n) is 2.10.